The maximum atomic E-state index is 13.6. The highest BCUT2D eigenvalue weighted by atomic mass is 35.5. The Labute approximate surface area is 105 Å². The van der Waals surface area contributed by atoms with Crippen molar-refractivity contribution in [2.45, 2.75) is 6.42 Å². The van der Waals surface area contributed by atoms with E-state index in [4.69, 9.17) is 17.3 Å². The Morgan fingerprint density at radius 1 is 1.12 bits per heavy atom. The summed E-state index contributed by atoms with van der Waals surface area (Å²) < 4.78 is 13.6. The van der Waals surface area contributed by atoms with Gasteiger partial charge in [0.15, 0.2) is 0 Å². The van der Waals surface area contributed by atoms with E-state index in [1.54, 1.807) is 18.2 Å². The van der Waals surface area contributed by atoms with Crippen LogP contribution in [0.25, 0.3) is 11.1 Å². The van der Waals surface area contributed by atoms with E-state index in [0.717, 1.165) is 11.1 Å². The van der Waals surface area contributed by atoms with Crippen molar-refractivity contribution in [1.29, 1.82) is 0 Å². The van der Waals surface area contributed by atoms with Crippen LogP contribution >= 0.6 is 11.6 Å². The third kappa shape index (κ3) is 2.65. The fourth-order valence-electron chi connectivity index (χ4n) is 1.78. The van der Waals surface area contributed by atoms with Gasteiger partial charge in [-0.2, -0.15) is 0 Å². The van der Waals surface area contributed by atoms with Crippen molar-refractivity contribution in [3.8, 4) is 11.1 Å². The minimum absolute atomic E-state index is 0.228. The van der Waals surface area contributed by atoms with Crippen LogP contribution in [-0.4, -0.2) is 6.54 Å². The molecule has 0 amide bonds. The lowest BCUT2D eigenvalue weighted by Crippen LogP contribution is -2.03. The zero-order valence-electron chi connectivity index (χ0n) is 9.29. The molecule has 0 radical (unpaired) electrons. The Morgan fingerprint density at radius 2 is 1.88 bits per heavy atom. The van der Waals surface area contributed by atoms with E-state index in [0.29, 0.717) is 23.6 Å². The van der Waals surface area contributed by atoms with E-state index in [-0.39, 0.29) is 5.82 Å². The maximum absolute atomic E-state index is 13.6. The highest BCUT2D eigenvalue weighted by Crippen LogP contribution is 2.27. The molecule has 0 aliphatic carbocycles. The van der Waals surface area contributed by atoms with Crippen molar-refractivity contribution in [1.82, 2.24) is 0 Å². The van der Waals surface area contributed by atoms with Crippen molar-refractivity contribution in [2.75, 3.05) is 6.54 Å². The number of halogens is 2. The van der Waals surface area contributed by atoms with E-state index in [9.17, 15) is 4.39 Å². The molecule has 17 heavy (non-hydrogen) atoms. The minimum atomic E-state index is -0.228. The fraction of sp³-hybridized carbons (Fsp3) is 0.143. The summed E-state index contributed by atoms with van der Waals surface area (Å²) in [6.07, 6.45) is 0.696. The van der Waals surface area contributed by atoms with Crippen molar-refractivity contribution in [3.05, 3.63) is 58.9 Å². The monoisotopic (exact) mass is 249 g/mol. The van der Waals surface area contributed by atoms with E-state index < -0.39 is 0 Å². The second kappa shape index (κ2) is 5.30. The van der Waals surface area contributed by atoms with Gasteiger partial charge in [-0.25, -0.2) is 4.39 Å². The first-order valence-electron chi connectivity index (χ1n) is 5.46. The highest BCUT2D eigenvalue weighted by Gasteiger charge is 2.06. The molecule has 1 nitrogen and oxygen atoms in total. The summed E-state index contributed by atoms with van der Waals surface area (Å²) >= 11 is 6.05. The molecule has 2 rings (SSSR count). The first kappa shape index (κ1) is 12.1. The zero-order chi connectivity index (χ0) is 12.3. The van der Waals surface area contributed by atoms with Crippen LogP contribution in [0.3, 0.4) is 0 Å². The smallest absolute Gasteiger partial charge is 0.131 e. The molecule has 0 atom stereocenters. The molecule has 0 spiro atoms. The number of nitrogens with two attached hydrogens (primary N) is 1. The van der Waals surface area contributed by atoms with Crippen molar-refractivity contribution < 1.29 is 4.39 Å². The van der Waals surface area contributed by atoms with Gasteiger partial charge in [-0.1, -0.05) is 35.9 Å². The average Bonchev–Trinajstić information content (AvgIpc) is 2.33. The second-order valence-electron chi connectivity index (χ2n) is 3.82. The molecule has 2 aromatic carbocycles. The number of rotatable bonds is 3. The predicted octanol–water partition coefficient (Wildman–Crippen LogP) is 3.65. The Kier molecular flexibility index (Phi) is 3.77. The molecule has 0 saturated heterocycles. The first-order chi connectivity index (χ1) is 8.22. The summed E-state index contributed by atoms with van der Waals surface area (Å²) in [6.45, 7) is 0.528. The SMILES string of the molecule is NCCc1cc(-c2ccccc2F)ccc1Cl. The van der Waals surface area contributed by atoms with Crippen LogP contribution in [0.5, 0.6) is 0 Å². The summed E-state index contributed by atoms with van der Waals surface area (Å²) in [7, 11) is 0. The van der Waals surface area contributed by atoms with Crippen molar-refractivity contribution >= 4 is 11.6 Å². The normalized spacial score (nSPS) is 10.5. The van der Waals surface area contributed by atoms with Crippen molar-refractivity contribution in [3.63, 3.8) is 0 Å². The number of benzene rings is 2. The molecule has 3 heteroatoms. The van der Waals surface area contributed by atoms with E-state index in [1.807, 2.05) is 18.2 Å². The molecule has 0 heterocycles. The van der Waals surface area contributed by atoms with Gasteiger partial charge >= 0.3 is 0 Å². The summed E-state index contributed by atoms with van der Waals surface area (Å²) in [5, 5.41) is 0.676. The van der Waals surface area contributed by atoms with Crippen LogP contribution in [0, 0.1) is 5.82 Å². The number of hydrogen-bond donors (Lipinski definition) is 1. The molecule has 0 bridgehead atoms. The van der Waals surface area contributed by atoms with Crippen molar-refractivity contribution in [2.24, 2.45) is 5.73 Å². The van der Waals surface area contributed by atoms with Crippen LogP contribution in [0.15, 0.2) is 42.5 Å². The van der Waals surface area contributed by atoms with E-state index in [2.05, 4.69) is 0 Å². The molecule has 0 unspecified atom stereocenters. The molecular weight excluding hydrogens is 237 g/mol. The summed E-state index contributed by atoms with van der Waals surface area (Å²) in [4.78, 5) is 0. The second-order valence-corrected chi connectivity index (χ2v) is 4.23. The lowest BCUT2D eigenvalue weighted by atomic mass is 10.0. The quantitative estimate of drug-likeness (QED) is 0.883. The molecule has 0 aliphatic rings. The van der Waals surface area contributed by atoms with E-state index in [1.165, 1.54) is 6.07 Å². The number of hydrogen-bond acceptors (Lipinski definition) is 1. The lowest BCUT2D eigenvalue weighted by molar-refractivity contribution is 0.631. The average molecular weight is 250 g/mol. The fourth-order valence-corrected chi connectivity index (χ4v) is 2.00. The minimum Gasteiger partial charge on any atom is -0.330 e. The molecular formula is C14H13ClFN. The van der Waals surface area contributed by atoms with Gasteiger partial charge in [-0.3, -0.25) is 0 Å². The van der Waals surface area contributed by atoms with Crippen LogP contribution in [0.1, 0.15) is 5.56 Å². The van der Waals surface area contributed by atoms with Gasteiger partial charge in [0.25, 0.3) is 0 Å². The molecule has 2 N–H and O–H groups in total. The van der Waals surface area contributed by atoms with Crippen LogP contribution in [-0.2, 0) is 6.42 Å². The van der Waals surface area contributed by atoms with Gasteiger partial charge in [-0.05, 0) is 42.3 Å². The molecule has 0 saturated carbocycles. The Balaban J connectivity index is 2.46. The van der Waals surface area contributed by atoms with Gasteiger partial charge in [-0.15, -0.1) is 0 Å². The molecule has 0 aliphatic heterocycles. The van der Waals surface area contributed by atoms with E-state index >= 15 is 0 Å². The van der Waals surface area contributed by atoms with Gasteiger partial charge in [0, 0.05) is 10.6 Å². The standard InChI is InChI=1S/C14H13ClFN/c15-13-6-5-10(9-11(13)7-8-17)12-3-1-2-4-14(12)16/h1-6,9H,7-8,17H2. The molecule has 88 valence electrons. The third-order valence-corrected chi connectivity index (χ3v) is 3.01. The van der Waals surface area contributed by atoms with Crippen LogP contribution in [0.4, 0.5) is 4.39 Å². The Morgan fingerprint density at radius 3 is 2.59 bits per heavy atom. The van der Waals surface area contributed by atoms with Gasteiger partial charge in [0.2, 0.25) is 0 Å². The molecule has 0 aromatic heterocycles. The zero-order valence-corrected chi connectivity index (χ0v) is 10.0. The third-order valence-electron chi connectivity index (χ3n) is 2.64. The Bertz CT molecular complexity index is 525. The van der Waals surface area contributed by atoms with Gasteiger partial charge < -0.3 is 5.73 Å². The molecule has 2 aromatic rings. The van der Waals surface area contributed by atoms with Crippen LogP contribution in [0.2, 0.25) is 5.02 Å². The highest BCUT2D eigenvalue weighted by molar-refractivity contribution is 6.31. The lowest BCUT2D eigenvalue weighted by Gasteiger charge is -2.07. The largest absolute Gasteiger partial charge is 0.330 e. The molecule has 0 fully saturated rings. The van der Waals surface area contributed by atoms with Gasteiger partial charge in [0.05, 0.1) is 0 Å². The first-order valence-corrected chi connectivity index (χ1v) is 5.83. The predicted molar refractivity (Wildman–Crippen MR) is 69.6 cm³/mol. The summed E-state index contributed by atoms with van der Waals surface area (Å²) in [6, 6.07) is 12.2. The van der Waals surface area contributed by atoms with Gasteiger partial charge in [0.1, 0.15) is 5.82 Å². The Hall–Kier alpha value is -1.38. The topological polar surface area (TPSA) is 26.0 Å². The summed E-state index contributed by atoms with van der Waals surface area (Å²) in [5.74, 6) is -0.228. The maximum Gasteiger partial charge on any atom is 0.131 e. The summed E-state index contributed by atoms with van der Waals surface area (Å²) in [5.41, 5.74) is 7.88. The van der Waals surface area contributed by atoms with Crippen LogP contribution < -0.4 is 5.73 Å².